The summed E-state index contributed by atoms with van der Waals surface area (Å²) in [5.41, 5.74) is 12.3. The summed E-state index contributed by atoms with van der Waals surface area (Å²) in [5, 5.41) is 25.4. The molecule has 14 heteroatoms. The van der Waals surface area contributed by atoms with Crippen LogP contribution in [0.1, 0.15) is 66.2 Å². The van der Waals surface area contributed by atoms with Crippen LogP contribution in [0, 0.1) is 17.8 Å². The molecular formula is C23H42N6O8. The maximum absolute atomic E-state index is 13.0. The molecule has 0 spiro atoms. The Morgan fingerprint density at radius 3 is 1.86 bits per heavy atom. The number of unbranched alkanes of at least 4 members (excludes halogenated alkanes) is 1. The summed E-state index contributed by atoms with van der Waals surface area (Å²) in [5.74, 6) is -6.60. The van der Waals surface area contributed by atoms with Gasteiger partial charge in [-0.3, -0.25) is 34.0 Å². The average Bonchev–Trinajstić information content (AvgIpc) is 2.79. The van der Waals surface area contributed by atoms with Crippen molar-refractivity contribution in [2.45, 2.75) is 84.3 Å². The monoisotopic (exact) mass is 530 g/mol. The van der Waals surface area contributed by atoms with Crippen LogP contribution in [0.25, 0.3) is 0 Å². The summed E-state index contributed by atoms with van der Waals surface area (Å²) >= 11 is 0. The van der Waals surface area contributed by atoms with Crippen molar-refractivity contribution in [2.24, 2.45) is 29.2 Å². The van der Waals surface area contributed by atoms with Gasteiger partial charge >= 0.3 is 5.97 Å². The molecule has 0 bridgehead atoms. The Balaban J connectivity index is 5.63. The first-order valence-corrected chi connectivity index (χ1v) is 12.3. The molecule has 10 N–H and O–H groups in total. The second-order valence-corrected chi connectivity index (χ2v) is 9.70. The van der Waals surface area contributed by atoms with Crippen LogP contribution in [0.5, 0.6) is 0 Å². The number of nitrogens with one attached hydrogen (secondary N) is 4. The zero-order valence-electron chi connectivity index (χ0n) is 21.9. The standard InChI is InChI=1S/C23H42N6O8/c1-12(2)9-14(10-17(30)29-37)21(34)28-19(13(3)4)23(36)27-16(11-18(31)32)22(35)26-15(20(25)33)7-5-6-8-24/h12-16,19,37H,5-11,24H2,1-4H3,(H2,25,33)(H,26,35)(H,27,36)(H,28,34)(H,29,30)(H,31,32)/t14-,15+,16+,19+/m1/s1. The summed E-state index contributed by atoms with van der Waals surface area (Å²) in [6, 6.07) is -3.80. The number of rotatable bonds is 18. The van der Waals surface area contributed by atoms with Crippen molar-refractivity contribution in [2.75, 3.05) is 6.54 Å². The second kappa shape index (κ2) is 17.2. The maximum atomic E-state index is 13.0. The van der Waals surface area contributed by atoms with E-state index in [4.69, 9.17) is 16.7 Å². The Bertz CT molecular complexity index is 804. The zero-order valence-corrected chi connectivity index (χ0v) is 21.9. The van der Waals surface area contributed by atoms with Gasteiger partial charge < -0.3 is 32.5 Å². The maximum Gasteiger partial charge on any atom is 0.305 e. The van der Waals surface area contributed by atoms with Crippen molar-refractivity contribution in [1.29, 1.82) is 0 Å². The molecule has 0 unspecified atom stereocenters. The summed E-state index contributed by atoms with van der Waals surface area (Å²) in [6.45, 7) is 7.33. The Morgan fingerprint density at radius 2 is 1.41 bits per heavy atom. The number of aliphatic carboxylic acids is 1. The van der Waals surface area contributed by atoms with Crippen LogP contribution in [0.15, 0.2) is 0 Å². The average molecular weight is 531 g/mol. The molecule has 212 valence electrons. The molecule has 0 aliphatic carbocycles. The molecule has 0 saturated carbocycles. The Labute approximate surface area is 216 Å². The van der Waals surface area contributed by atoms with Crippen molar-refractivity contribution >= 4 is 35.5 Å². The van der Waals surface area contributed by atoms with E-state index in [0.29, 0.717) is 25.8 Å². The molecule has 5 amide bonds. The van der Waals surface area contributed by atoms with Crippen LogP contribution in [0.2, 0.25) is 0 Å². The minimum atomic E-state index is -1.55. The predicted molar refractivity (Wildman–Crippen MR) is 132 cm³/mol. The van der Waals surface area contributed by atoms with E-state index in [1.807, 2.05) is 13.8 Å². The van der Waals surface area contributed by atoms with E-state index in [1.165, 1.54) is 5.48 Å². The highest BCUT2D eigenvalue weighted by Crippen LogP contribution is 2.17. The van der Waals surface area contributed by atoms with Crippen molar-refractivity contribution in [3.05, 3.63) is 0 Å². The molecule has 4 atom stereocenters. The third-order valence-electron chi connectivity index (χ3n) is 5.55. The molecule has 0 heterocycles. The fourth-order valence-corrected chi connectivity index (χ4v) is 3.62. The minimum Gasteiger partial charge on any atom is -0.481 e. The Kier molecular flexibility index (Phi) is 15.7. The van der Waals surface area contributed by atoms with E-state index in [9.17, 15) is 33.9 Å². The number of primary amides is 1. The number of amides is 5. The topological polar surface area (TPSA) is 243 Å². The lowest BCUT2D eigenvalue weighted by molar-refractivity contribution is -0.141. The van der Waals surface area contributed by atoms with Crippen LogP contribution < -0.4 is 32.9 Å². The van der Waals surface area contributed by atoms with E-state index in [0.717, 1.165) is 0 Å². The van der Waals surface area contributed by atoms with Crippen molar-refractivity contribution < 1.29 is 39.1 Å². The minimum absolute atomic E-state index is 0.0280. The van der Waals surface area contributed by atoms with Gasteiger partial charge in [0, 0.05) is 12.3 Å². The summed E-state index contributed by atoms with van der Waals surface area (Å²) in [7, 11) is 0. The molecule has 0 aromatic heterocycles. The van der Waals surface area contributed by atoms with E-state index in [1.54, 1.807) is 13.8 Å². The number of hydrogen-bond acceptors (Lipinski definition) is 8. The highest BCUT2D eigenvalue weighted by Gasteiger charge is 2.33. The van der Waals surface area contributed by atoms with Crippen LogP contribution in [0.4, 0.5) is 0 Å². The molecule has 0 radical (unpaired) electrons. The lowest BCUT2D eigenvalue weighted by Crippen LogP contribution is -2.58. The van der Waals surface area contributed by atoms with Gasteiger partial charge in [0.25, 0.3) is 0 Å². The molecular weight excluding hydrogens is 488 g/mol. The smallest absolute Gasteiger partial charge is 0.305 e. The number of hydrogen-bond donors (Lipinski definition) is 8. The third-order valence-corrected chi connectivity index (χ3v) is 5.55. The normalized spacial score (nSPS) is 14.3. The molecule has 0 aliphatic rings. The van der Waals surface area contributed by atoms with Gasteiger partial charge in [0.1, 0.15) is 18.1 Å². The molecule has 14 nitrogen and oxygen atoms in total. The van der Waals surface area contributed by atoms with E-state index in [2.05, 4.69) is 16.0 Å². The van der Waals surface area contributed by atoms with Crippen LogP contribution >= 0.6 is 0 Å². The first-order valence-electron chi connectivity index (χ1n) is 12.3. The number of hydroxylamine groups is 1. The van der Waals surface area contributed by atoms with Crippen molar-refractivity contribution in [3.8, 4) is 0 Å². The lowest BCUT2D eigenvalue weighted by atomic mass is 9.92. The molecule has 0 saturated heterocycles. The first kappa shape index (κ1) is 33.7. The van der Waals surface area contributed by atoms with Gasteiger partial charge in [-0.05, 0) is 44.1 Å². The van der Waals surface area contributed by atoms with E-state index >= 15 is 0 Å². The van der Waals surface area contributed by atoms with E-state index in [-0.39, 0.29) is 18.8 Å². The van der Waals surface area contributed by atoms with Crippen LogP contribution in [-0.4, -0.2) is 70.5 Å². The van der Waals surface area contributed by atoms with Gasteiger partial charge in [0.05, 0.1) is 6.42 Å². The molecule has 37 heavy (non-hydrogen) atoms. The molecule has 0 rings (SSSR count). The first-order chi connectivity index (χ1) is 17.2. The molecule has 0 fully saturated rings. The van der Waals surface area contributed by atoms with Gasteiger partial charge in [-0.15, -0.1) is 0 Å². The third kappa shape index (κ3) is 13.6. The van der Waals surface area contributed by atoms with Gasteiger partial charge in [0.2, 0.25) is 29.5 Å². The summed E-state index contributed by atoms with van der Waals surface area (Å²) < 4.78 is 0. The largest absolute Gasteiger partial charge is 0.481 e. The number of carbonyl (C=O) groups excluding carboxylic acids is 5. The molecule has 0 aromatic rings. The Hall–Kier alpha value is -3.26. The zero-order chi connectivity index (χ0) is 28.7. The van der Waals surface area contributed by atoms with Crippen molar-refractivity contribution in [1.82, 2.24) is 21.4 Å². The van der Waals surface area contributed by atoms with Gasteiger partial charge in [0.15, 0.2) is 0 Å². The lowest BCUT2D eigenvalue weighted by Gasteiger charge is -2.27. The fraction of sp³-hybridized carbons (Fsp3) is 0.739. The molecule has 0 aliphatic heterocycles. The predicted octanol–water partition coefficient (Wildman–Crippen LogP) is -1.26. The fourth-order valence-electron chi connectivity index (χ4n) is 3.62. The quantitative estimate of drug-likeness (QED) is 0.0598. The van der Waals surface area contributed by atoms with Crippen LogP contribution in [0.3, 0.4) is 0 Å². The van der Waals surface area contributed by atoms with Crippen molar-refractivity contribution in [3.63, 3.8) is 0 Å². The molecule has 0 aromatic carbocycles. The van der Waals surface area contributed by atoms with Crippen LogP contribution in [-0.2, 0) is 28.8 Å². The summed E-state index contributed by atoms with van der Waals surface area (Å²) in [4.78, 5) is 73.5. The highest BCUT2D eigenvalue weighted by molar-refractivity contribution is 5.96. The SMILES string of the molecule is CC(C)C[C@H](CC(=O)NO)C(=O)N[C@H](C(=O)N[C@@H](CC(=O)O)C(=O)N[C@@H](CCCCN)C(N)=O)C(C)C. The second-order valence-electron chi connectivity index (χ2n) is 9.70. The van der Waals surface area contributed by atoms with Gasteiger partial charge in [-0.25, -0.2) is 5.48 Å². The Morgan fingerprint density at radius 1 is 0.811 bits per heavy atom. The number of carboxylic acid groups (broad SMARTS) is 1. The highest BCUT2D eigenvalue weighted by atomic mass is 16.5. The van der Waals surface area contributed by atoms with Gasteiger partial charge in [-0.1, -0.05) is 27.7 Å². The number of carboxylic acids is 1. The number of carbonyl (C=O) groups is 6. The summed E-state index contributed by atoms with van der Waals surface area (Å²) in [6.07, 6.45) is 0.479. The van der Waals surface area contributed by atoms with Gasteiger partial charge in [-0.2, -0.15) is 0 Å². The number of nitrogens with two attached hydrogens (primary N) is 2. The van der Waals surface area contributed by atoms with E-state index < -0.39 is 71.9 Å².